The lowest BCUT2D eigenvalue weighted by atomic mass is 10.3. The van der Waals surface area contributed by atoms with E-state index in [9.17, 15) is 0 Å². The standard InChI is InChI=1S/C9H18BrNO/c1-9-8-11(5-2-4-10)6-3-7-12-9/h9H,2-8H2,1H3. The SMILES string of the molecule is CC1CN(CCCBr)CCCO1. The van der Waals surface area contributed by atoms with Gasteiger partial charge < -0.3 is 9.64 Å². The van der Waals surface area contributed by atoms with Gasteiger partial charge in [-0.15, -0.1) is 0 Å². The van der Waals surface area contributed by atoms with E-state index in [1.54, 1.807) is 0 Å². The lowest BCUT2D eigenvalue weighted by Gasteiger charge is -2.20. The Balaban J connectivity index is 2.21. The fourth-order valence-corrected chi connectivity index (χ4v) is 1.82. The predicted octanol–water partition coefficient (Wildman–Crippen LogP) is 1.88. The summed E-state index contributed by atoms with van der Waals surface area (Å²) in [6, 6.07) is 0. The third-order valence-electron chi connectivity index (χ3n) is 2.14. The highest BCUT2D eigenvalue weighted by Crippen LogP contribution is 2.05. The summed E-state index contributed by atoms with van der Waals surface area (Å²) in [6.07, 6.45) is 2.85. The highest BCUT2D eigenvalue weighted by Gasteiger charge is 2.13. The summed E-state index contributed by atoms with van der Waals surface area (Å²) in [5.74, 6) is 0. The maximum absolute atomic E-state index is 5.56. The molecule has 1 atom stereocenters. The van der Waals surface area contributed by atoms with E-state index >= 15 is 0 Å². The van der Waals surface area contributed by atoms with Crippen LogP contribution in [0.25, 0.3) is 0 Å². The van der Waals surface area contributed by atoms with Crippen molar-refractivity contribution in [2.45, 2.75) is 25.9 Å². The van der Waals surface area contributed by atoms with E-state index in [1.807, 2.05) is 0 Å². The number of ether oxygens (including phenoxy) is 1. The number of halogens is 1. The van der Waals surface area contributed by atoms with Crippen LogP contribution in [0.5, 0.6) is 0 Å². The van der Waals surface area contributed by atoms with E-state index in [0.29, 0.717) is 6.10 Å². The molecule has 1 aliphatic heterocycles. The molecule has 0 aromatic heterocycles. The van der Waals surface area contributed by atoms with Crippen molar-refractivity contribution in [2.75, 3.05) is 31.6 Å². The molecule has 72 valence electrons. The summed E-state index contributed by atoms with van der Waals surface area (Å²) in [5.41, 5.74) is 0. The van der Waals surface area contributed by atoms with Crippen LogP contribution in [0.4, 0.5) is 0 Å². The molecule has 1 heterocycles. The second-order valence-electron chi connectivity index (χ2n) is 3.38. The minimum atomic E-state index is 0.419. The van der Waals surface area contributed by atoms with Crippen LogP contribution < -0.4 is 0 Å². The van der Waals surface area contributed by atoms with Crippen LogP contribution in [-0.2, 0) is 4.74 Å². The zero-order chi connectivity index (χ0) is 8.81. The molecule has 12 heavy (non-hydrogen) atoms. The van der Waals surface area contributed by atoms with E-state index in [2.05, 4.69) is 27.8 Å². The molecule has 3 heteroatoms. The van der Waals surface area contributed by atoms with Gasteiger partial charge in [-0.1, -0.05) is 15.9 Å². The van der Waals surface area contributed by atoms with Gasteiger partial charge in [0.1, 0.15) is 0 Å². The molecule has 1 rings (SSSR count). The van der Waals surface area contributed by atoms with Crippen molar-refractivity contribution in [3.63, 3.8) is 0 Å². The van der Waals surface area contributed by atoms with Crippen molar-refractivity contribution in [1.29, 1.82) is 0 Å². The number of hydrogen-bond donors (Lipinski definition) is 0. The minimum Gasteiger partial charge on any atom is -0.377 e. The second kappa shape index (κ2) is 5.95. The Morgan fingerprint density at radius 1 is 1.58 bits per heavy atom. The van der Waals surface area contributed by atoms with E-state index in [-0.39, 0.29) is 0 Å². The third kappa shape index (κ3) is 3.87. The van der Waals surface area contributed by atoms with E-state index in [1.165, 1.54) is 25.9 Å². The van der Waals surface area contributed by atoms with Crippen LogP contribution in [0.2, 0.25) is 0 Å². The Bertz CT molecular complexity index is 121. The van der Waals surface area contributed by atoms with Crippen LogP contribution in [-0.4, -0.2) is 42.6 Å². The average molecular weight is 236 g/mol. The van der Waals surface area contributed by atoms with E-state index in [4.69, 9.17) is 4.74 Å². The van der Waals surface area contributed by atoms with Crippen molar-refractivity contribution < 1.29 is 4.74 Å². The van der Waals surface area contributed by atoms with Crippen LogP contribution in [0.3, 0.4) is 0 Å². The Kier molecular flexibility index (Phi) is 5.19. The van der Waals surface area contributed by atoms with Gasteiger partial charge in [-0.3, -0.25) is 0 Å². The molecule has 0 saturated carbocycles. The third-order valence-corrected chi connectivity index (χ3v) is 2.71. The van der Waals surface area contributed by atoms with Crippen molar-refractivity contribution >= 4 is 15.9 Å². The monoisotopic (exact) mass is 235 g/mol. The molecule has 0 radical (unpaired) electrons. The first-order valence-corrected chi connectivity index (χ1v) is 5.85. The normalized spacial score (nSPS) is 27.0. The predicted molar refractivity (Wildman–Crippen MR) is 54.9 cm³/mol. The van der Waals surface area contributed by atoms with Crippen molar-refractivity contribution in [3.8, 4) is 0 Å². The number of rotatable bonds is 3. The Labute approximate surface area is 83.4 Å². The molecular formula is C9H18BrNO. The summed E-state index contributed by atoms with van der Waals surface area (Å²) >= 11 is 3.45. The van der Waals surface area contributed by atoms with E-state index in [0.717, 1.165) is 18.5 Å². The largest absolute Gasteiger partial charge is 0.377 e. The molecule has 0 aliphatic carbocycles. The van der Waals surface area contributed by atoms with Gasteiger partial charge in [0.25, 0.3) is 0 Å². The molecular weight excluding hydrogens is 218 g/mol. The lowest BCUT2D eigenvalue weighted by molar-refractivity contribution is 0.0678. The molecule has 0 aromatic rings. The number of alkyl halides is 1. The van der Waals surface area contributed by atoms with Gasteiger partial charge in [-0.2, -0.15) is 0 Å². The smallest absolute Gasteiger partial charge is 0.0673 e. The summed E-state index contributed by atoms with van der Waals surface area (Å²) in [6.45, 7) is 6.61. The first-order chi connectivity index (χ1) is 5.83. The van der Waals surface area contributed by atoms with Crippen LogP contribution >= 0.6 is 15.9 Å². The molecule has 1 aliphatic rings. The van der Waals surface area contributed by atoms with Gasteiger partial charge >= 0.3 is 0 Å². The second-order valence-corrected chi connectivity index (χ2v) is 4.17. The first kappa shape index (κ1) is 10.5. The van der Waals surface area contributed by atoms with Gasteiger partial charge in [0.05, 0.1) is 6.10 Å². The zero-order valence-corrected chi connectivity index (χ0v) is 9.35. The molecule has 0 aromatic carbocycles. The fourth-order valence-electron chi connectivity index (χ4n) is 1.57. The quantitative estimate of drug-likeness (QED) is 0.694. The van der Waals surface area contributed by atoms with Crippen LogP contribution in [0.15, 0.2) is 0 Å². The maximum atomic E-state index is 5.56. The number of nitrogens with zero attached hydrogens (tertiary/aromatic N) is 1. The molecule has 1 saturated heterocycles. The summed E-state index contributed by atoms with van der Waals surface area (Å²) in [5, 5.41) is 1.11. The first-order valence-electron chi connectivity index (χ1n) is 4.73. The van der Waals surface area contributed by atoms with Gasteiger partial charge in [0.2, 0.25) is 0 Å². The molecule has 0 N–H and O–H groups in total. The van der Waals surface area contributed by atoms with Crippen molar-refractivity contribution in [2.24, 2.45) is 0 Å². The fraction of sp³-hybridized carbons (Fsp3) is 1.00. The van der Waals surface area contributed by atoms with Crippen LogP contribution in [0, 0.1) is 0 Å². The average Bonchev–Trinajstić information content (AvgIpc) is 2.26. The molecule has 2 nitrogen and oxygen atoms in total. The van der Waals surface area contributed by atoms with Gasteiger partial charge in [0.15, 0.2) is 0 Å². The topological polar surface area (TPSA) is 12.5 Å². The minimum absolute atomic E-state index is 0.419. The van der Waals surface area contributed by atoms with Crippen molar-refractivity contribution in [3.05, 3.63) is 0 Å². The van der Waals surface area contributed by atoms with Crippen LogP contribution in [0.1, 0.15) is 19.8 Å². The summed E-state index contributed by atoms with van der Waals surface area (Å²) in [4.78, 5) is 2.50. The zero-order valence-electron chi connectivity index (χ0n) is 7.76. The molecule has 0 bridgehead atoms. The van der Waals surface area contributed by atoms with Gasteiger partial charge in [0, 0.05) is 25.0 Å². The van der Waals surface area contributed by atoms with Crippen molar-refractivity contribution in [1.82, 2.24) is 4.90 Å². The van der Waals surface area contributed by atoms with Gasteiger partial charge in [-0.05, 0) is 26.3 Å². The molecule has 0 amide bonds. The Hall–Kier alpha value is 0.400. The molecule has 0 spiro atoms. The Morgan fingerprint density at radius 2 is 2.42 bits per heavy atom. The summed E-state index contributed by atoms with van der Waals surface area (Å²) in [7, 11) is 0. The highest BCUT2D eigenvalue weighted by atomic mass is 79.9. The molecule has 1 unspecified atom stereocenters. The summed E-state index contributed by atoms with van der Waals surface area (Å²) < 4.78 is 5.56. The van der Waals surface area contributed by atoms with Gasteiger partial charge in [-0.25, -0.2) is 0 Å². The van der Waals surface area contributed by atoms with E-state index < -0.39 is 0 Å². The maximum Gasteiger partial charge on any atom is 0.0673 e. The molecule has 1 fully saturated rings. The highest BCUT2D eigenvalue weighted by molar-refractivity contribution is 9.09. The number of hydrogen-bond acceptors (Lipinski definition) is 2. The lowest BCUT2D eigenvalue weighted by Crippen LogP contribution is -2.31. The Morgan fingerprint density at radius 3 is 3.17 bits per heavy atom.